The predicted octanol–water partition coefficient (Wildman–Crippen LogP) is 5.07. The molecule has 5 nitrogen and oxygen atoms in total. The number of nitrogens with zero attached hydrogens (tertiary/aromatic N) is 2. The van der Waals surface area contributed by atoms with Crippen LogP contribution in [-0.4, -0.2) is 26.1 Å². The number of piperidine rings is 1. The van der Waals surface area contributed by atoms with Gasteiger partial charge in [0.1, 0.15) is 10.7 Å². The average Bonchev–Trinajstić information content (AvgIpc) is 2.79. The highest BCUT2D eigenvalue weighted by atomic mass is 32.2. The molecule has 1 aromatic heterocycles. The summed E-state index contributed by atoms with van der Waals surface area (Å²) in [6.07, 6.45) is 6.32. The SMILES string of the molecule is CCCCn1cc(S(=O)(=O)c2cccc(C)c2)c(=O)c2cc(F)c(N3CCCCC3)cc21. The predicted molar refractivity (Wildman–Crippen MR) is 126 cm³/mol. The summed E-state index contributed by atoms with van der Waals surface area (Å²) in [6, 6.07) is 9.44. The highest BCUT2D eigenvalue weighted by Gasteiger charge is 2.25. The second-order valence-corrected chi connectivity index (χ2v) is 10.5. The molecule has 7 heteroatoms. The van der Waals surface area contributed by atoms with Gasteiger partial charge in [0.2, 0.25) is 15.3 Å². The number of aromatic nitrogens is 1. The first-order valence-electron chi connectivity index (χ1n) is 11.3. The minimum absolute atomic E-state index is 0.0707. The Balaban J connectivity index is 1.94. The quantitative estimate of drug-likeness (QED) is 0.520. The second-order valence-electron chi connectivity index (χ2n) is 8.56. The number of sulfone groups is 1. The van der Waals surface area contributed by atoms with Gasteiger partial charge in [-0.15, -0.1) is 0 Å². The fourth-order valence-electron chi connectivity index (χ4n) is 4.36. The summed E-state index contributed by atoms with van der Waals surface area (Å²) < 4.78 is 43.7. The van der Waals surface area contributed by atoms with E-state index < -0.39 is 21.1 Å². The van der Waals surface area contributed by atoms with E-state index in [4.69, 9.17) is 0 Å². The summed E-state index contributed by atoms with van der Waals surface area (Å²) in [6.45, 7) is 5.96. The second kappa shape index (κ2) is 9.06. The van der Waals surface area contributed by atoms with Gasteiger partial charge < -0.3 is 9.47 Å². The standard InChI is InChI=1S/C25H29FN2O3S/c1-3-4-11-28-17-24(32(30,31)19-10-8-9-18(2)14-19)25(29)20-15-21(26)23(16-22(20)28)27-12-6-5-7-13-27/h8-10,14-17H,3-7,11-13H2,1-2H3. The number of hydrogen-bond donors (Lipinski definition) is 0. The minimum Gasteiger partial charge on any atom is -0.369 e. The number of anilines is 1. The van der Waals surface area contributed by atoms with Crippen molar-refractivity contribution < 1.29 is 12.8 Å². The van der Waals surface area contributed by atoms with Gasteiger partial charge in [-0.1, -0.05) is 25.5 Å². The number of pyridine rings is 1. The molecule has 0 unspecified atom stereocenters. The van der Waals surface area contributed by atoms with Crippen LogP contribution in [0.4, 0.5) is 10.1 Å². The van der Waals surface area contributed by atoms with Gasteiger partial charge >= 0.3 is 0 Å². The van der Waals surface area contributed by atoms with E-state index in [0.717, 1.165) is 50.8 Å². The summed E-state index contributed by atoms with van der Waals surface area (Å²) >= 11 is 0. The van der Waals surface area contributed by atoms with Gasteiger partial charge in [0.05, 0.1) is 21.5 Å². The van der Waals surface area contributed by atoms with E-state index in [1.807, 2.05) is 11.8 Å². The first-order valence-corrected chi connectivity index (χ1v) is 12.7. The van der Waals surface area contributed by atoms with Gasteiger partial charge in [0.15, 0.2) is 0 Å². The first kappa shape index (κ1) is 22.5. The van der Waals surface area contributed by atoms with Crippen LogP contribution in [0.25, 0.3) is 10.9 Å². The minimum atomic E-state index is -4.04. The van der Waals surface area contributed by atoms with Crippen LogP contribution in [0, 0.1) is 12.7 Å². The van der Waals surface area contributed by atoms with Crippen LogP contribution in [0.5, 0.6) is 0 Å². The van der Waals surface area contributed by atoms with Crippen molar-refractivity contribution in [3.63, 3.8) is 0 Å². The Morgan fingerprint density at radius 1 is 1.06 bits per heavy atom. The number of rotatable bonds is 6. The maximum atomic E-state index is 15.1. The molecule has 2 aromatic carbocycles. The molecule has 0 spiro atoms. The lowest BCUT2D eigenvalue weighted by Crippen LogP contribution is -2.30. The van der Waals surface area contributed by atoms with E-state index in [1.165, 1.54) is 18.3 Å². The maximum Gasteiger partial charge on any atom is 0.211 e. The van der Waals surface area contributed by atoms with Crippen molar-refractivity contribution in [2.75, 3.05) is 18.0 Å². The number of aryl methyl sites for hydroxylation is 2. The zero-order chi connectivity index (χ0) is 22.9. The molecule has 4 rings (SSSR count). The number of hydrogen-bond acceptors (Lipinski definition) is 4. The van der Waals surface area contributed by atoms with Crippen LogP contribution < -0.4 is 10.3 Å². The van der Waals surface area contributed by atoms with Gasteiger partial charge in [-0.2, -0.15) is 0 Å². The van der Waals surface area contributed by atoms with Crippen molar-refractivity contribution in [3.8, 4) is 0 Å². The van der Waals surface area contributed by atoms with Gasteiger partial charge in [0.25, 0.3) is 0 Å². The van der Waals surface area contributed by atoms with E-state index >= 15 is 4.39 Å². The molecule has 2 heterocycles. The van der Waals surface area contributed by atoms with Gasteiger partial charge in [-0.3, -0.25) is 4.79 Å². The molecule has 1 aliphatic rings. The zero-order valence-corrected chi connectivity index (χ0v) is 19.4. The van der Waals surface area contributed by atoms with Crippen molar-refractivity contribution in [2.24, 2.45) is 0 Å². The van der Waals surface area contributed by atoms with Crippen LogP contribution in [-0.2, 0) is 16.4 Å². The number of benzene rings is 2. The molecule has 1 fully saturated rings. The van der Waals surface area contributed by atoms with E-state index in [0.29, 0.717) is 17.7 Å². The van der Waals surface area contributed by atoms with Crippen molar-refractivity contribution in [3.05, 3.63) is 64.2 Å². The molecule has 0 bridgehead atoms. The van der Waals surface area contributed by atoms with Crippen molar-refractivity contribution in [1.29, 1.82) is 0 Å². The van der Waals surface area contributed by atoms with E-state index in [-0.39, 0.29) is 15.2 Å². The smallest absolute Gasteiger partial charge is 0.211 e. The number of halogens is 1. The van der Waals surface area contributed by atoms with Gasteiger partial charge in [0, 0.05) is 25.8 Å². The largest absolute Gasteiger partial charge is 0.369 e. The van der Waals surface area contributed by atoms with Crippen molar-refractivity contribution in [2.45, 2.75) is 62.3 Å². The summed E-state index contributed by atoms with van der Waals surface area (Å²) in [7, 11) is -4.04. The first-order chi connectivity index (χ1) is 15.3. The van der Waals surface area contributed by atoms with Gasteiger partial charge in [-0.25, -0.2) is 12.8 Å². The molecule has 32 heavy (non-hydrogen) atoms. The Morgan fingerprint density at radius 3 is 2.50 bits per heavy atom. The fraction of sp³-hybridized carbons (Fsp3) is 0.400. The normalized spacial score (nSPS) is 14.8. The molecule has 1 saturated heterocycles. The van der Waals surface area contributed by atoms with E-state index in [9.17, 15) is 13.2 Å². The molecule has 0 atom stereocenters. The Hall–Kier alpha value is -2.67. The molecule has 0 amide bonds. The highest BCUT2D eigenvalue weighted by Crippen LogP contribution is 2.29. The Morgan fingerprint density at radius 2 is 1.81 bits per heavy atom. The van der Waals surface area contributed by atoms with Crippen LogP contribution >= 0.6 is 0 Å². The number of fused-ring (bicyclic) bond motifs is 1. The summed E-state index contributed by atoms with van der Waals surface area (Å²) in [5.74, 6) is -0.483. The molecule has 0 radical (unpaired) electrons. The Bertz CT molecular complexity index is 1310. The molecule has 3 aromatic rings. The Kier molecular flexibility index (Phi) is 6.38. The lowest BCUT2D eigenvalue weighted by Gasteiger charge is -2.29. The van der Waals surface area contributed by atoms with Crippen molar-refractivity contribution >= 4 is 26.4 Å². The van der Waals surface area contributed by atoms with E-state index in [2.05, 4.69) is 0 Å². The fourth-order valence-corrected chi connectivity index (χ4v) is 5.84. The summed E-state index contributed by atoms with van der Waals surface area (Å²) in [5, 5.41) is 0.105. The molecular formula is C25H29FN2O3S. The number of unbranched alkanes of at least 4 members (excludes halogenated alkanes) is 1. The summed E-state index contributed by atoms with van der Waals surface area (Å²) in [4.78, 5) is 15.1. The van der Waals surface area contributed by atoms with E-state index in [1.54, 1.807) is 35.8 Å². The van der Waals surface area contributed by atoms with Crippen LogP contribution in [0.3, 0.4) is 0 Å². The zero-order valence-electron chi connectivity index (χ0n) is 18.6. The van der Waals surface area contributed by atoms with Gasteiger partial charge in [-0.05, 0) is 62.4 Å². The lowest BCUT2D eigenvalue weighted by atomic mass is 10.1. The third kappa shape index (κ3) is 4.18. The molecule has 170 valence electrons. The molecule has 0 N–H and O–H groups in total. The van der Waals surface area contributed by atoms with Crippen molar-refractivity contribution in [1.82, 2.24) is 4.57 Å². The van der Waals surface area contributed by atoms with Crippen LogP contribution in [0.1, 0.15) is 44.6 Å². The third-order valence-corrected chi connectivity index (χ3v) is 7.90. The third-order valence-electron chi connectivity index (χ3n) is 6.15. The Labute approximate surface area is 188 Å². The monoisotopic (exact) mass is 456 g/mol. The van der Waals surface area contributed by atoms with Crippen LogP contribution in [0.2, 0.25) is 0 Å². The average molecular weight is 457 g/mol. The van der Waals surface area contributed by atoms with Crippen LogP contribution in [0.15, 0.2) is 57.2 Å². The molecule has 0 saturated carbocycles. The molecule has 1 aliphatic heterocycles. The lowest BCUT2D eigenvalue weighted by molar-refractivity contribution is 0.557. The summed E-state index contributed by atoms with van der Waals surface area (Å²) in [5.41, 5.74) is 1.19. The molecule has 0 aliphatic carbocycles. The topological polar surface area (TPSA) is 59.4 Å². The maximum absolute atomic E-state index is 15.1. The molecular weight excluding hydrogens is 427 g/mol. The highest BCUT2D eigenvalue weighted by molar-refractivity contribution is 7.91.